The number of hydrogen-bond acceptors (Lipinski definition) is 6. The Hall–Kier alpha value is -3.18. The second-order valence-electron chi connectivity index (χ2n) is 10.7. The van der Waals surface area contributed by atoms with E-state index in [0.29, 0.717) is 5.56 Å². The zero-order valence-corrected chi connectivity index (χ0v) is 23.2. The van der Waals surface area contributed by atoms with Gasteiger partial charge < -0.3 is 20.1 Å². The van der Waals surface area contributed by atoms with Gasteiger partial charge in [-0.3, -0.25) is 4.79 Å². The van der Waals surface area contributed by atoms with Crippen LogP contribution < -0.4 is 5.32 Å². The summed E-state index contributed by atoms with van der Waals surface area (Å²) in [5.74, 6) is -1.20. The number of ether oxygens (including phenoxy) is 1. The maximum atomic E-state index is 13.9. The molecule has 2 atom stereocenters. The van der Waals surface area contributed by atoms with E-state index in [-0.39, 0.29) is 49.0 Å². The molecule has 0 spiro atoms. The smallest absolute Gasteiger partial charge is 0.410 e. The highest BCUT2D eigenvalue weighted by molar-refractivity contribution is 7.89. The minimum absolute atomic E-state index is 0.0139. The third-order valence-corrected chi connectivity index (χ3v) is 7.95. The first-order valence-electron chi connectivity index (χ1n) is 12.5. The summed E-state index contributed by atoms with van der Waals surface area (Å²) in [5, 5.41) is 12.6. The van der Waals surface area contributed by atoms with Crippen LogP contribution in [0.3, 0.4) is 0 Å². The third-order valence-electron chi connectivity index (χ3n) is 6.09. The number of carbonyl (C=O) groups excluding carboxylic acids is 2. The number of nitrogens with one attached hydrogen (secondary N) is 1. The normalized spacial score (nSPS) is 17.6. The van der Waals surface area contributed by atoms with Gasteiger partial charge in [0.25, 0.3) is 0 Å². The summed E-state index contributed by atoms with van der Waals surface area (Å²) in [7, 11) is -3.85. The highest BCUT2D eigenvalue weighted by Gasteiger charge is 2.39. The minimum atomic E-state index is -3.85. The molecule has 0 aliphatic carbocycles. The molecule has 208 valence electrons. The monoisotopic (exact) mass is 549 g/mol. The van der Waals surface area contributed by atoms with Gasteiger partial charge in [0.05, 0.1) is 10.9 Å². The van der Waals surface area contributed by atoms with Crippen molar-refractivity contribution in [2.75, 3.05) is 19.6 Å². The first kappa shape index (κ1) is 29.4. The molecule has 0 unspecified atom stereocenters. The van der Waals surface area contributed by atoms with E-state index in [1.54, 1.807) is 32.9 Å². The Labute approximate surface area is 223 Å². The maximum absolute atomic E-state index is 13.9. The fourth-order valence-corrected chi connectivity index (χ4v) is 6.15. The highest BCUT2D eigenvalue weighted by Crippen LogP contribution is 2.26. The molecular formula is C27H36FN3O6S. The molecule has 1 aliphatic rings. The molecule has 0 bridgehead atoms. The van der Waals surface area contributed by atoms with Gasteiger partial charge in [-0.25, -0.2) is 17.6 Å². The second-order valence-corrected chi connectivity index (χ2v) is 12.6. The quantitative estimate of drug-likeness (QED) is 0.545. The topological polar surface area (TPSA) is 116 Å². The average Bonchev–Trinajstić information content (AvgIpc) is 2.76. The molecule has 11 heteroatoms. The number of phenols is 1. The van der Waals surface area contributed by atoms with E-state index in [9.17, 15) is 27.5 Å². The molecule has 2 aromatic rings. The first-order chi connectivity index (χ1) is 17.6. The predicted molar refractivity (Wildman–Crippen MR) is 141 cm³/mol. The van der Waals surface area contributed by atoms with Crippen molar-refractivity contribution in [2.45, 2.75) is 70.0 Å². The van der Waals surface area contributed by atoms with E-state index >= 15 is 0 Å². The predicted octanol–water partition coefficient (Wildman–Crippen LogP) is 3.59. The van der Waals surface area contributed by atoms with Gasteiger partial charge in [-0.1, -0.05) is 12.1 Å². The largest absolute Gasteiger partial charge is 0.508 e. The van der Waals surface area contributed by atoms with Gasteiger partial charge in [-0.05, 0) is 75.9 Å². The summed E-state index contributed by atoms with van der Waals surface area (Å²) >= 11 is 0. The van der Waals surface area contributed by atoms with Gasteiger partial charge in [-0.15, -0.1) is 0 Å². The molecule has 0 radical (unpaired) electrons. The number of amides is 2. The van der Waals surface area contributed by atoms with E-state index in [4.69, 9.17) is 4.74 Å². The second kappa shape index (κ2) is 11.7. The lowest BCUT2D eigenvalue weighted by molar-refractivity contribution is -0.119. The number of rotatable bonds is 7. The summed E-state index contributed by atoms with van der Waals surface area (Å²) in [4.78, 5) is 26.8. The van der Waals surface area contributed by atoms with Crippen molar-refractivity contribution in [3.05, 3.63) is 59.4 Å². The van der Waals surface area contributed by atoms with Crippen LogP contribution in [0.5, 0.6) is 5.75 Å². The number of piperazine rings is 1. The molecule has 1 fully saturated rings. The van der Waals surface area contributed by atoms with E-state index in [1.807, 2.05) is 13.0 Å². The van der Waals surface area contributed by atoms with Gasteiger partial charge >= 0.3 is 6.09 Å². The molecule has 2 aromatic carbocycles. The number of aromatic hydroxyl groups is 1. The van der Waals surface area contributed by atoms with Gasteiger partial charge in [-0.2, -0.15) is 4.31 Å². The summed E-state index contributed by atoms with van der Waals surface area (Å²) in [5.41, 5.74) is 0.493. The van der Waals surface area contributed by atoms with Crippen LogP contribution in [0.4, 0.5) is 9.18 Å². The summed E-state index contributed by atoms with van der Waals surface area (Å²) in [6, 6.07) is 9.05. The van der Waals surface area contributed by atoms with E-state index in [1.165, 1.54) is 34.3 Å². The Morgan fingerprint density at radius 1 is 1.18 bits per heavy atom. The van der Waals surface area contributed by atoms with Crippen molar-refractivity contribution in [2.24, 2.45) is 0 Å². The molecule has 9 nitrogen and oxygen atoms in total. The Morgan fingerprint density at radius 2 is 1.89 bits per heavy atom. The van der Waals surface area contributed by atoms with Crippen LogP contribution in [0.1, 0.15) is 45.2 Å². The SMILES string of the molecule is CC(=O)N[C@@H](Cc1cc(O)cc(F)c1)C[C@H]1CN(S(=O)(=O)c2cccc(C)c2)CCN1C(=O)OC(C)(C)C. The zero-order valence-electron chi connectivity index (χ0n) is 22.4. The van der Waals surface area contributed by atoms with Crippen LogP contribution in [0.15, 0.2) is 47.4 Å². The zero-order chi connectivity index (χ0) is 28.3. The Bertz CT molecular complexity index is 1260. The Kier molecular flexibility index (Phi) is 9.04. The number of nitrogens with zero attached hydrogens (tertiary/aromatic N) is 2. The first-order valence-corrected chi connectivity index (χ1v) is 13.9. The number of hydrogen-bond donors (Lipinski definition) is 2. The molecule has 2 amide bonds. The summed E-state index contributed by atoms with van der Waals surface area (Å²) in [6.07, 6.45) is -0.246. The van der Waals surface area contributed by atoms with Gasteiger partial charge in [0.15, 0.2) is 0 Å². The maximum Gasteiger partial charge on any atom is 0.410 e. The van der Waals surface area contributed by atoms with Crippen molar-refractivity contribution >= 4 is 22.0 Å². The molecule has 0 aromatic heterocycles. The van der Waals surface area contributed by atoms with Gasteiger partial charge in [0.1, 0.15) is 17.2 Å². The number of carbonyl (C=O) groups is 2. The lowest BCUT2D eigenvalue weighted by Gasteiger charge is -2.42. The third kappa shape index (κ3) is 7.91. The van der Waals surface area contributed by atoms with E-state index in [0.717, 1.165) is 11.6 Å². The Morgan fingerprint density at radius 3 is 2.50 bits per heavy atom. The van der Waals surface area contributed by atoms with Crippen molar-refractivity contribution in [3.63, 3.8) is 0 Å². The number of phenolic OH excluding ortho intramolecular Hbond substituents is 1. The van der Waals surface area contributed by atoms with Crippen LogP contribution in [-0.2, 0) is 26.0 Å². The van der Waals surface area contributed by atoms with Crippen molar-refractivity contribution in [1.29, 1.82) is 0 Å². The molecule has 1 heterocycles. The Balaban J connectivity index is 1.92. The van der Waals surface area contributed by atoms with E-state index < -0.39 is 39.6 Å². The molecule has 2 N–H and O–H groups in total. The minimum Gasteiger partial charge on any atom is -0.508 e. The number of halogens is 1. The van der Waals surface area contributed by atoms with Crippen LogP contribution in [-0.4, -0.2) is 72.0 Å². The van der Waals surface area contributed by atoms with Crippen molar-refractivity contribution in [3.8, 4) is 5.75 Å². The summed E-state index contributed by atoms with van der Waals surface area (Å²) < 4.78 is 47.8. The average molecular weight is 550 g/mol. The summed E-state index contributed by atoms with van der Waals surface area (Å²) in [6.45, 7) is 8.55. The highest BCUT2D eigenvalue weighted by atomic mass is 32.2. The standard InChI is InChI=1S/C27H36FN3O6S/c1-18-7-6-8-25(11-18)38(35,36)30-9-10-31(26(34)37-27(3,4)5)23(17-30)16-22(29-19(2)32)13-20-12-21(28)15-24(33)14-20/h6-8,11-12,14-15,22-23,33H,9-10,13,16-17H2,1-5H3,(H,29,32)/t22-,23-/m0/s1. The van der Waals surface area contributed by atoms with Gasteiger partial charge in [0.2, 0.25) is 15.9 Å². The molecule has 0 saturated carbocycles. The van der Waals surface area contributed by atoms with Crippen molar-refractivity contribution in [1.82, 2.24) is 14.5 Å². The van der Waals surface area contributed by atoms with Crippen LogP contribution in [0.2, 0.25) is 0 Å². The van der Waals surface area contributed by atoms with Gasteiger partial charge in [0, 0.05) is 38.7 Å². The molecule has 38 heavy (non-hydrogen) atoms. The van der Waals surface area contributed by atoms with Crippen molar-refractivity contribution < 1.29 is 32.2 Å². The fourth-order valence-electron chi connectivity index (χ4n) is 4.58. The lowest BCUT2D eigenvalue weighted by atomic mass is 9.97. The van der Waals surface area contributed by atoms with E-state index in [2.05, 4.69) is 5.32 Å². The van der Waals surface area contributed by atoms with Crippen LogP contribution >= 0.6 is 0 Å². The molecular weight excluding hydrogens is 513 g/mol. The number of sulfonamides is 1. The molecule has 3 rings (SSSR count). The number of benzene rings is 2. The van der Waals surface area contributed by atoms with Crippen LogP contribution in [0, 0.1) is 12.7 Å². The molecule has 1 saturated heterocycles. The van der Waals surface area contributed by atoms with Crippen LogP contribution in [0.25, 0.3) is 0 Å². The fraction of sp³-hybridized carbons (Fsp3) is 0.481. The number of aryl methyl sites for hydroxylation is 1. The lowest BCUT2D eigenvalue weighted by Crippen LogP contribution is -2.58. The molecule has 1 aliphatic heterocycles.